The first kappa shape index (κ1) is 13.7. The number of nitrogens with zero attached hydrogens (tertiary/aromatic N) is 1. The molecule has 0 aliphatic carbocycles. The van der Waals surface area contributed by atoms with Crippen LogP contribution in [0.15, 0.2) is 35.4 Å². The van der Waals surface area contributed by atoms with Crippen LogP contribution in [0.2, 0.25) is 0 Å². The van der Waals surface area contributed by atoms with E-state index in [0.29, 0.717) is 11.3 Å². The molecule has 0 radical (unpaired) electrons. The van der Waals surface area contributed by atoms with Crippen molar-refractivity contribution in [2.45, 2.75) is 11.3 Å². The summed E-state index contributed by atoms with van der Waals surface area (Å²) in [5.41, 5.74) is 6.08. The van der Waals surface area contributed by atoms with E-state index < -0.39 is 15.7 Å². The van der Waals surface area contributed by atoms with Crippen LogP contribution in [0.5, 0.6) is 0 Å². The number of amides is 1. The van der Waals surface area contributed by atoms with Crippen LogP contribution in [0.25, 0.3) is 0 Å². The SMILES string of the molecule is CS(=O)(=O)c1ccc(Cc2ncc(C(N)=O)s2)cc1. The van der Waals surface area contributed by atoms with Gasteiger partial charge in [-0.1, -0.05) is 12.1 Å². The minimum atomic E-state index is -3.17. The van der Waals surface area contributed by atoms with Crippen molar-refractivity contribution in [2.75, 3.05) is 6.26 Å². The van der Waals surface area contributed by atoms with Crippen LogP contribution in [0.3, 0.4) is 0 Å². The first-order valence-corrected chi connectivity index (χ1v) is 8.10. The third-order valence-corrected chi connectivity index (χ3v) is 4.64. The standard InChI is InChI=1S/C12H12N2O3S2/c1-19(16,17)9-4-2-8(3-5-9)6-11-14-7-10(18-11)12(13)15/h2-5,7H,6H2,1H3,(H2,13,15). The Morgan fingerprint density at radius 3 is 2.42 bits per heavy atom. The van der Waals surface area contributed by atoms with Gasteiger partial charge in [-0.15, -0.1) is 11.3 Å². The Hall–Kier alpha value is -1.73. The van der Waals surface area contributed by atoms with E-state index in [1.807, 2.05) is 0 Å². The summed E-state index contributed by atoms with van der Waals surface area (Å²) in [6.07, 6.45) is 3.16. The van der Waals surface area contributed by atoms with Crippen LogP contribution < -0.4 is 5.73 Å². The molecule has 100 valence electrons. The van der Waals surface area contributed by atoms with Gasteiger partial charge in [-0.05, 0) is 17.7 Å². The molecule has 2 aromatic rings. The average Bonchev–Trinajstić information content (AvgIpc) is 2.77. The van der Waals surface area contributed by atoms with Crippen LogP contribution in [0, 0.1) is 0 Å². The lowest BCUT2D eigenvalue weighted by Gasteiger charge is -2.01. The van der Waals surface area contributed by atoms with Crippen LogP contribution in [-0.4, -0.2) is 25.6 Å². The van der Waals surface area contributed by atoms with Gasteiger partial charge in [0.15, 0.2) is 9.84 Å². The van der Waals surface area contributed by atoms with E-state index in [2.05, 4.69) is 4.98 Å². The fourth-order valence-corrected chi connectivity index (χ4v) is 2.97. The number of hydrogen-bond acceptors (Lipinski definition) is 5. The molecule has 0 atom stereocenters. The fraction of sp³-hybridized carbons (Fsp3) is 0.167. The van der Waals surface area contributed by atoms with E-state index in [1.54, 1.807) is 24.3 Å². The molecule has 0 saturated carbocycles. The number of aromatic nitrogens is 1. The highest BCUT2D eigenvalue weighted by Crippen LogP contribution is 2.18. The highest BCUT2D eigenvalue weighted by Gasteiger charge is 2.09. The van der Waals surface area contributed by atoms with E-state index in [1.165, 1.54) is 23.8 Å². The number of thiazole rings is 1. The van der Waals surface area contributed by atoms with Crippen LogP contribution in [0.1, 0.15) is 20.2 Å². The van der Waals surface area contributed by atoms with Crippen LogP contribution in [0.4, 0.5) is 0 Å². The monoisotopic (exact) mass is 296 g/mol. The molecule has 2 rings (SSSR count). The second-order valence-electron chi connectivity index (χ2n) is 4.08. The number of rotatable bonds is 4. The second-order valence-corrected chi connectivity index (χ2v) is 7.21. The molecule has 2 N–H and O–H groups in total. The molecule has 0 unspecified atom stereocenters. The Balaban J connectivity index is 2.17. The lowest BCUT2D eigenvalue weighted by Crippen LogP contribution is -2.08. The van der Waals surface area contributed by atoms with Gasteiger partial charge in [-0.3, -0.25) is 4.79 Å². The van der Waals surface area contributed by atoms with Crippen molar-refractivity contribution in [3.63, 3.8) is 0 Å². The highest BCUT2D eigenvalue weighted by molar-refractivity contribution is 7.90. The normalized spacial score (nSPS) is 11.4. The summed E-state index contributed by atoms with van der Waals surface area (Å²) < 4.78 is 22.6. The zero-order valence-electron chi connectivity index (χ0n) is 10.2. The van der Waals surface area contributed by atoms with E-state index >= 15 is 0 Å². The summed E-state index contributed by atoms with van der Waals surface area (Å²) in [4.78, 5) is 15.8. The largest absolute Gasteiger partial charge is 0.365 e. The number of nitrogens with two attached hydrogens (primary N) is 1. The molecular formula is C12H12N2O3S2. The third kappa shape index (κ3) is 3.39. The molecule has 1 heterocycles. The maximum absolute atomic E-state index is 11.3. The molecule has 1 aromatic heterocycles. The molecule has 19 heavy (non-hydrogen) atoms. The van der Waals surface area contributed by atoms with Gasteiger partial charge in [0.2, 0.25) is 0 Å². The predicted octanol–water partition coefficient (Wildman–Crippen LogP) is 1.24. The summed E-state index contributed by atoms with van der Waals surface area (Å²) in [5.74, 6) is -0.490. The van der Waals surface area contributed by atoms with Gasteiger partial charge < -0.3 is 5.73 Å². The number of primary amides is 1. The Morgan fingerprint density at radius 1 is 1.32 bits per heavy atom. The summed E-state index contributed by atoms with van der Waals surface area (Å²) >= 11 is 1.24. The molecule has 7 heteroatoms. The Labute approximate surface area is 115 Å². The maximum Gasteiger partial charge on any atom is 0.260 e. The first-order chi connectivity index (χ1) is 8.86. The van der Waals surface area contributed by atoms with Crippen molar-refractivity contribution in [1.82, 2.24) is 4.98 Å². The average molecular weight is 296 g/mol. The van der Waals surface area contributed by atoms with Gasteiger partial charge in [-0.25, -0.2) is 13.4 Å². The maximum atomic E-state index is 11.3. The molecule has 0 saturated heterocycles. The zero-order valence-corrected chi connectivity index (χ0v) is 11.8. The van der Waals surface area contributed by atoms with Crippen molar-refractivity contribution in [3.8, 4) is 0 Å². The summed E-state index contributed by atoms with van der Waals surface area (Å²) in [7, 11) is -3.17. The summed E-state index contributed by atoms with van der Waals surface area (Å²) in [6, 6.07) is 6.60. The lowest BCUT2D eigenvalue weighted by molar-refractivity contribution is 0.100. The second kappa shape index (κ2) is 5.10. The predicted molar refractivity (Wildman–Crippen MR) is 73.0 cm³/mol. The molecule has 0 aliphatic heterocycles. The first-order valence-electron chi connectivity index (χ1n) is 5.40. The van der Waals surface area contributed by atoms with Crippen molar-refractivity contribution < 1.29 is 13.2 Å². The topological polar surface area (TPSA) is 90.1 Å². The van der Waals surface area contributed by atoms with Gasteiger partial charge >= 0.3 is 0 Å². The highest BCUT2D eigenvalue weighted by atomic mass is 32.2. The number of hydrogen-bond donors (Lipinski definition) is 1. The summed E-state index contributed by atoms with van der Waals surface area (Å²) in [5, 5.41) is 0.765. The molecule has 0 spiro atoms. The minimum absolute atomic E-state index is 0.285. The number of sulfone groups is 1. The van der Waals surface area contributed by atoms with Crippen LogP contribution >= 0.6 is 11.3 Å². The van der Waals surface area contributed by atoms with Gasteiger partial charge in [-0.2, -0.15) is 0 Å². The van der Waals surface area contributed by atoms with Crippen LogP contribution in [-0.2, 0) is 16.3 Å². The lowest BCUT2D eigenvalue weighted by atomic mass is 10.2. The molecule has 0 fully saturated rings. The quantitative estimate of drug-likeness (QED) is 0.919. The third-order valence-electron chi connectivity index (χ3n) is 2.50. The Bertz CT molecular complexity index is 703. The van der Waals surface area contributed by atoms with E-state index in [4.69, 9.17) is 5.73 Å². The fourth-order valence-electron chi connectivity index (χ4n) is 1.54. The van der Waals surface area contributed by atoms with Crippen molar-refractivity contribution in [3.05, 3.63) is 45.9 Å². The molecule has 1 amide bonds. The minimum Gasteiger partial charge on any atom is -0.365 e. The van der Waals surface area contributed by atoms with Gasteiger partial charge in [0, 0.05) is 12.7 Å². The van der Waals surface area contributed by atoms with Crippen molar-refractivity contribution in [2.24, 2.45) is 5.73 Å². The number of carbonyl (C=O) groups excluding carboxylic acids is 1. The van der Waals surface area contributed by atoms with E-state index in [9.17, 15) is 13.2 Å². The van der Waals surface area contributed by atoms with E-state index in [0.717, 1.165) is 10.6 Å². The Morgan fingerprint density at radius 2 is 1.95 bits per heavy atom. The van der Waals surface area contributed by atoms with Crippen molar-refractivity contribution >= 4 is 27.1 Å². The molecular weight excluding hydrogens is 284 g/mol. The number of benzene rings is 1. The molecule has 0 bridgehead atoms. The van der Waals surface area contributed by atoms with Gasteiger partial charge in [0.05, 0.1) is 16.1 Å². The molecule has 5 nitrogen and oxygen atoms in total. The van der Waals surface area contributed by atoms with Gasteiger partial charge in [0.1, 0.15) is 4.88 Å². The van der Waals surface area contributed by atoms with E-state index in [-0.39, 0.29) is 4.90 Å². The zero-order chi connectivity index (χ0) is 14.0. The molecule has 1 aromatic carbocycles. The van der Waals surface area contributed by atoms with Gasteiger partial charge in [0.25, 0.3) is 5.91 Å². The number of carbonyl (C=O) groups is 1. The summed E-state index contributed by atoms with van der Waals surface area (Å²) in [6.45, 7) is 0. The Kier molecular flexibility index (Phi) is 3.68. The van der Waals surface area contributed by atoms with Crippen molar-refractivity contribution in [1.29, 1.82) is 0 Å². The smallest absolute Gasteiger partial charge is 0.260 e. The molecule has 0 aliphatic rings.